The fourth-order valence-electron chi connectivity index (χ4n) is 5.34. The van der Waals surface area contributed by atoms with Crippen molar-refractivity contribution in [3.8, 4) is 22.4 Å². The quantitative estimate of drug-likeness (QED) is 0.267. The molecule has 0 amide bonds. The molecule has 0 aliphatic carbocycles. The average Bonchev–Trinajstić information content (AvgIpc) is 3.43. The smallest absolute Gasteiger partial charge is 0.157 e. The van der Waals surface area contributed by atoms with Crippen LogP contribution in [0, 0.1) is 18.6 Å². The molecule has 0 bridgehead atoms. The Kier molecular flexibility index (Phi) is 5.37. The lowest BCUT2D eigenvalue weighted by atomic mass is 9.91. The summed E-state index contributed by atoms with van der Waals surface area (Å²) in [5.41, 5.74) is 6.68. The van der Waals surface area contributed by atoms with Gasteiger partial charge in [0.25, 0.3) is 0 Å². The summed E-state index contributed by atoms with van der Waals surface area (Å²) in [5.74, 6) is -0.609. The molecule has 0 atom stereocenters. The normalized spacial score (nSPS) is 12.6. The number of nitrogens with zero attached hydrogens (tertiary/aromatic N) is 2. The molecule has 35 heavy (non-hydrogen) atoms. The Labute approximate surface area is 200 Å². The van der Waals surface area contributed by atoms with Gasteiger partial charge in [-0.3, -0.25) is 9.49 Å². The molecular formula is C28H25F3N4. The van der Waals surface area contributed by atoms with E-state index in [-0.39, 0.29) is 24.9 Å². The molecule has 4 nitrogen and oxygen atoms in total. The minimum atomic E-state index is -0.354. The number of halogens is 3. The molecule has 2 aromatic heterocycles. The highest BCUT2D eigenvalue weighted by Gasteiger charge is 2.30. The zero-order valence-electron chi connectivity index (χ0n) is 19.4. The third-order valence-electron chi connectivity index (χ3n) is 7.03. The third kappa shape index (κ3) is 3.45. The van der Waals surface area contributed by atoms with Gasteiger partial charge < -0.3 is 9.88 Å². The monoisotopic (exact) mass is 474 g/mol. The molecular weight excluding hydrogens is 449 g/mol. The lowest BCUT2D eigenvalue weighted by Gasteiger charge is -2.23. The fraction of sp³-hybridized carbons (Fsp3) is 0.250. The van der Waals surface area contributed by atoms with Crippen molar-refractivity contribution >= 4 is 21.8 Å². The topological polar surface area (TPSA) is 45.6 Å². The Morgan fingerprint density at radius 3 is 2.74 bits per heavy atom. The van der Waals surface area contributed by atoms with Gasteiger partial charge >= 0.3 is 0 Å². The van der Waals surface area contributed by atoms with E-state index in [1.807, 2.05) is 47.9 Å². The van der Waals surface area contributed by atoms with Crippen molar-refractivity contribution in [1.82, 2.24) is 20.1 Å². The maximum absolute atomic E-state index is 16.2. The molecule has 0 spiro atoms. The molecule has 178 valence electrons. The number of nitrogens with one attached hydrogen (secondary N) is 2. The number of hydrogen-bond donors (Lipinski definition) is 2. The average molecular weight is 475 g/mol. The van der Waals surface area contributed by atoms with Gasteiger partial charge in [0.1, 0.15) is 5.82 Å². The second-order valence-electron chi connectivity index (χ2n) is 9.19. The number of aryl methyl sites for hydroxylation is 1. The SMILES string of the molecule is Cc1ccccc1-c1c(F)c2c3cn[nH]c3cc3c2n1Cc1c(F)cc(CCNCCCF)cc1-3. The van der Waals surface area contributed by atoms with Gasteiger partial charge in [-0.2, -0.15) is 5.10 Å². The summed E-state index contributed by atoms with van der Waals surface area (Å²) in [6.45, 7) is 3.08. The molecule has 0 saturated heterocycles. The summed E-state index contributed by atoms with van der Waals surface area (Å²) >= 11 is 0. The minimum absolute atomic E-state index is 0.247. The van der Waals surface area contributed by atoms with E-state index in [9.17, 15) is 4.39 Å². The van der Waals surface area contributed by atoms with Crippen LogP contribution in [0.5, 0.6) is 0 Å². The van der Waals surface area contributed by atoms with Crippen molar-refractivity contribution < 1.29 is 13.2 Å². The zero-order valence-corrected chi connectivity index (χ0v) is 19.4. The van der Waals surface area contributed by atoms with E-state index in [4.69, 9.17) is 0 Å². The van der Waals surface area contributed by atoms with E-state index in [0.29, 0.717) is 53.5 Å². The summed E-state index contributed by atoms with van der Waals surface area (Å²) in [6, 6.07) is 13.2. The Morgan fingerprint density at radius 1 is 1.06 bits per heavy atom. The Bertz CT molecular complexity index is 1580. The molecule has 3 heterocycles. The van der Waals surface area contributed by atoms with Crippen LogP contribution in [0.15, 0.2) is 48.7 Å². The highest BCUT2D eigenvalue weighted by Crippen LogP contribution is 2.46. The van der Waals surface area contributed by atoms with Crippen molar-refractivity contribution in [2.45, 2.75) is 26.3 Å². The predicted molar refractivity (Wildman–Crippen MR) is 133 cm³/mol. The van der Waals surface area contributed by atoms with E-state index in [1.165, 1.54) is 0 Å². The number of benzene rings is 3. The minimum Gasteiger partial charge on any atom is -0.333 e. The van der Waals surface area contributed by atoms with Crippen LogP contribution in [0.25, 0.3) is 44.2 Å². The van der Waals surface area contributed by atoms with E-state index in [1.54, 1.807) is 12.3 Å². The summed E-state index contributed by atoms with van der Waals surface area (Å²) in [5, 5.41) is 11.6. The molecule has 2 N–H and O–H groups in total. The van der Waals surface area contributed by atoms with Gasteiger partial charge in [0.2, 0.25) is 0 Å². The zero-order chi connectivity index (χ0) is 24.1. The van der Waals surface area contributed by atoms with Crippen LogP contribution in [0.4, 0.5) is 13.2 Å². The van der Waals surface area contributed by atoms with Crippen molar-refractivity contribution in [3.63, 3.8) is 0 Å². The molecule has 0 fully saturated rings. The first-order valence-corrected chi connectivity index (χ1v) is 11.9. The number of hydrogen-bond acceptors (Lipinski definition) is 2. The van der Waals surface area contributed by atoms with Gasteiger partial charge in [-0.1, -0.05) is 30.3 Å². The highest BCUT2D eigenvalue weighted by molar-refractivity contribution is 6.14. The van der Waals surface area contributed by atoms with E-state index < -0.39 is 0 Å². The van der Waals surface area contributed by atoms with Crippen LogP contribution < -0.4 is 5.32 Å². The summed E-state index contributed by atoms with van der Waals surface area (Å²) < 4.78 is 46.0. The molecule has 7 heteroatoms. The number of aromatic nitrogens is 3. The summed E-state index contributed by atoms with van der Waals surface area (Å²) in [7, 11) is 0. The highest BCUT2D eigenvalue weighted by atomic mass is 19.1. The van der Waals surface area contributed by atoms with Gasteiger partial charge in [0, 0.05) is 27.5 Å². The molecule has 1 aliphatic rings. The second-order valence-corrected chi connectivity index (χ2v) is 9.19. The van der Waals surface area contributed by atoms with Crippen molar-refractivity contribution in [2.24, 2.45) is 0 Å². The van der Waals surface area contributed by atoms with Crippen molar-refractivity contribution in [3.05, 3.63) is 77.0 Å². The van der Waals surface area contributed by atoms with Gasteiger partial charge in [0.05, 0.1) is 36.1 Å². The molecule has 3 aromatic carbocycles. The third-order valence-corrected chi connectivity index (χ3v) is 7.03. The van der Waals surface area contributed by atoms with E-state index in [2.05, 4.69) is 15.5 Å². The largest absolute Gasteiger partial charge is 0.333 e. The predicted octanol–water partition coefficient (Wildman–Crippen LogP) is 6.29. The van der Waals surface area contributed by atoms with Crippen LogP contribution in [0.1, 0.15) is 23.1 Å². The lowest BCUT2D eigenvalue weighted by molar-refractivity contribution is 0.460. The fourth-order valence-corrected chi connectivity index (χ4v) is 5.34. The standard InChI is InChI=1S/C28H25F3N4/c1-16-5-2-3-6-18(16)28-26(31)25-21-14-33-34-24(21)13-20-19-11-17(7-10-32-9-4-8-29)12-23(30)22(19)15-35(28)27(20)25/h2-3,5-6,11-14,32H,4,7-10,15H2,1H3,(H,33,34). The number of fused-ring (bicyclic) bond motifs is 4. The molecule has 0 saturated carbocycles. The lowest BCUT2D eigenvalue weighted by Crippen LogP contribution is -2.19. The summed E-state index contributed by atoms with van der Waals surface area (Å²) in [6.07, 6.45) is 2.74. The Morgan fingerprint density at radius 2 is 1.91 bits per heavy atom. The molecule has 0 unspecified atom stereocenters. The van der Waals surface area contributed by atoms with Crippen LogP contribution in [0.3, 0.4) is 0 Å². The summed E-state index contributed by atoms with van der Waals surface area (Å²) in [4.78, 5) is 0. The van der Waals surface area contributed by atoms with Crippen LogP contribution in [-0.2, 0) is 13.0 Å². The number of H-pyrrole nitrogens is 1. The van der Waals surface area contributed by atoms with Crippen LogP contribution in [-0.4, -0.2) is 34.5 Å². The molecule has 1 aliphatic heterocycles. The first kappa shape index (κ1) is 21.9. The Balaban J connectivity index is 1.56. The number of rotatable bonds is 7. The first-order valence-electron chi connectivity index (χ1n) is 11.9. The van der Waals surface area contributed by atoms with Crippen LogP contribution >= 0.6 is 0 Å². The van der Waals surface area contributed by atoms with Gasteiger partial charge in [-0.05, 0) is 61.7 Å². The molecule has 6 rings (SSSR count). The van der Waals surface area contributed by atoms with E-state index >= 15 is 8.78 Å². The van der Waals surface area contributed by atoms with Crippen molar-refractivity contribution in [1.29, 1.82) is 0 Å². The first-order chi connectivity index (χ1) is 17.1. The van der Waals surface area contributed by atoms with Gasteiger partial charge in [-0.25, -0.2) is 8.78 Å². The maximum atomic E-state index is 16.2. The maximum Gasteiger partial charge on any atom is 0.157 e. The van der Waals surface area contributed by atoms with Gasteiger partial charge in [-0.15, -0.1) is 0 Å². The second kappa shape index (κ2) is 8.57. The van der Waals surface area contributed by atoms with Crippen molar-refractivity contribution in [2.75, 3.05) is 19.8 Å². The van der Waals surface area contributed by atoms with E-state index in [0.717, 1.165) is 33.3 Å². The molecule has 5 aromatic rings. The molecule has 0 radical (unpaired) electrons. The van der Waals surface area contributed by atoms with Crippen LogP contribution in [0.2, 0.25) is 0 Å². The Hall–Kier alpha value is -3.58. The van der Waals surface area contributed by atoms with Gasteiger partial charge in [0.15, 0.2) is 5.82 Å². The number of aromatic amines is 1. The number of alkyl halides is 1.